The molecule has 0 aliphatic heterocycles. The average molecular weight is 348 g/mol. The highest BCUT2D eigenvalue weighted by Gasteiger charge is 2.07. The van der Waals surface area contributed by atoms with E-state index < -0.39 is 11.9 Å². The second-order valence-electron chi connectivity index (χ2n) is 4.28. The number of amides is 2. The molecule has 0 saturated carbocycles. The van der Waals surface area contributed by atoms with Gasteiger partial charge in [0, 0.05) is 24.3 Å². The van der Waals surface area contributed by atoms with Crippen LogP contribution in [0.2, 0.25) is 0 Å². The lowest BCUT2D eigenvalue weighted by Gasteiger charge is -2.06. The Balaban J connectivity index is 3.53. The van der Waals surface area contributed by atoms with E-state index in [0.29, 0.717) is 11.5 Å². The third kappa shape index (κ3) is 13.6. The van der Waals surface area contributed by atoms with Gasteiger partial charge in [0.05, 0.1) is 13.2 Å². The zero-order chi connectivity index (χ0) is 17.5. The topological polar surface area (TPSA) is 111 Å². The quantitative estimate of drug-likeness (QED) is 0.373. The number of esters is 2. The van der Waals surface area contributed by atoms with Crippen LogP contribution in [0.1, 0.15) is 26.7 Å². The number of carbonyl (C=O) groups is 4. The predicted octanol–water partition coefficient (Wildman–Crippen LogP) is -0.142. The Labute approximate surface area is 140 Å². The third-order valence-electron chi connectivity index (χ3n) is 2.42. The van der Waals surface area contributed by atoms with Gasteiger partial charge in [0.25, 0.3) is 0 Å². The van der Waals surface area contributed by atoms with Gasteiger partial charge in [-0.3, -0.25) is 19.2 Å². The number of hydrogen-bond donors (Lipinski definition) is 2. The number of thioether (sulfide) groups is 1. The van der Waals surface area contributed by atoms with Crippen LogP contribution >= 0.6 is 11.8 Å². The summed E-state index contributed by atoms with van der Waals surface area (Å²) in [5, 5.41) is 4.91. The molecule has 0 saturated heterocycles. The lowest BCUT2D eigenvalue weighted by molar-refractivity contribution is -0.143. The summed E-state index contributed by atoms with van der Waals surface area (Å²) in [6.45, 7) is 3.69. The molecule has 23 heavy (non-hydrogen) atoms. The largest absolute Gasteiger partial charge is 0.465 e. The molecule has 8 nitrogen and oxygen atoms in total. The molecule has 0 aromatic heterocycles. The molecule has 132 valence electrons. The van der Waals surface area contributed by atoms with E-state index in [4.69, 9.17) is 0 Å². The molecule has 0 spiro atoms. The van der Waals surface area contributed by atoms with Crippen molar-refractivity contribution in [2.45, 2.75) is 26.7 Å². The van der Waals surface area contributed by atoms with E-state index in [0.717, 1.165) is 0 Å². The molecule has 9 heteroatoms. The first-order valence-corrected chi connectivity index (χ1v) is 8.57. The van der Waals surface area contributed by atoms with Crippen molar-refractivity contribution < 1.29 is 28.7 Å². The van der Waals surface area contributed by atoms with E-state index in [9.17, 15) is 19.2 Å². The summed E-state index contributed by atoms with van der Waals surface area (Å²) < 4.78 is 9.36. The van der Waals surface area contributed by atoms with Crippen LogP contribution in [0.4, 0.5) is 0 Å². The van der Waals surface area contributed by atoms with Gasteiger partial charge in [0.1, 0.15) is 13.1 Å². The van der Waals surface area contributed by atoms with Gasteiger partial charge in [-0.2, -0.15) is 11.8 Å². The van der Waals surface area contributed by atoms with Crippen LogP contribution in [0.15, 0.2) is 0 Å². The molecule has 0 heterocycles. The summed E-state index contributed by atoms with van der Waals surface area (Å²) in [6, 6.07) is 0. The average Bonchev–Trinajstić information content (AvgIpc) is 2.51. The minimum absolute atomic E-state index is 0.131. The molecule has 2 N–H and O–H groups in total. The summed E-state index contributed by atoms with van der Waals surface area (Å²) in [7, 11) is 0. The van der Waals surface area contributed by atoms with E-state index >= 15 is 0 Å². The van der Waals surface area contributed by atoms with E-state index in [1.165, 1.54) is 11.8 Å². The lowest BCUT2D eigenvalue weighted by Crippen LogP contribution is -2.31. The van der Waals surface area contributed by atoms with Crippen LogP contribution in [0.5, 0.6) is 0 Å². The fourth-order valence-corrected chi connectivity index (χ4v) is 2.24. The van der Waals surface area contributed by atoms with E-state index in [2.05, 4.69) is 20.1 Å². The van der Waals surface area contributed by atoms with Crippen molar-refractivity contribution in [1.29, 1.82) is 0 Å². The minimum atomic E-state index is -0.466. The molecule has 0 rings (SSSR count). The van der Waals surface area contributed by atoms with Crippen LogP contribution in [0.25, 0.3) is 0 Å². The molecule has 2 amide bonds. The Hall–Kier alpha value is -1.77. The molecule has 0 aliphatic rings. The Morgan fingerprint density at radius 2 is 1.17 bits per heavy atom. The Morgan fingerprint density at radius 3 is 1.52 bits per heavy atom. The second kappa shape index (κ2) is 13.9. The van der Waals surface area contributed by atoms with Crippen molar-refractivity contribution in [2.75, 3.05) is 37.8 Å². The maximum absolute atomic E-state index is 11.4. The molecule has 0 radical (unpaired) electrons. The molecule has 0 fully saturated rings. The smallest absolute Gasteiger partial charge is 0.325 e. The van der Waals surface area contributed by atoms with Crippen LogP contribution in [0, 0.1) is 0 Å². The molecular formula is C14H24N2O6S. The first kappa shape index (κ1) is 21.2. The van der Waals surface area contributed by atoms with Crippen molar-refractivity contribution in [1.82, 2.24) is 10.6 Å². The van der Waals surface area contributed by atoms with Gasteiger partial charge in [-0.25, -0.2) is 0 Å². The lowest BCUT2D eigenvalue weighted by atomic mass is 10.4. The van der Waals surface area contributed by atoms with Gasteiger partial charge in [0.2, 0.25) is 11.8 Å². The SMILES string of the molecule is CCOC(=O)CNC(=O)CCSCCC(=O)NCC(=O)OCC. The minimum Gasteiger partial charge on any atom is -0.465 e. The second-order valence-corrected chi connectivity index (χ2v) is 5.50. The first-order chi connectivity index (χ1) is 11.0. The van der Waals surface area contributed by atoms with Crippen molar-refractivity contribution >= 4 is 35.5 Å². The summed E-state index contributed by atoms with van der Waals surface area (Å²) in [5.41, 5.74) is 0. The summed E-state index contributed by atoms with van der Waals surface area (Å²) in [4.78, 5) is 44.9. The van der Waals surface area contributed by atoms with Gasteiger partial charge in [-0.05, 0) is 13.8 Å². The molecule has 0 unspecified atom stereocenters. The normalized spacial score (nSPS) is 9.83. The first-order valence-electron chi connectivity index (χ1n) is 7.41. The number of ether oxygens (including phenoxy) is 2. The predicted molar refractivity (Wildman–Crippen MR) is 85.8 cm³/mol. The third-order valence-corrected chi connectivity index (χ3v) is 3.40. The molecule has 0 aliphatic carbocycles. The summed E-state index contributed by atoms with van der Waals surface area (Å²) in [5.74, 6) is -0.326. The Kier molecular flexibility index (Phi) is 12.8. The number of nitrogens with one attached hydrogen (secondary N) is 2. The maximum atomic E-state index is 11.4. The molecular weight excluding hydrogens is 324 g/mol. The van der Waals surface area contributed by atoms with Crippen molar-refractivity contribution in [3.8, 4) is 0 Å². The standard InChI is InChI=1S/C14H24N2O6S/c1-3-21-13(19)9-15-11(17)5-7-23-8-6-12(18)16-10-14(20)22-4-2/h3-10H2,1-2H3,(H,15,17)(H,16,18). The summed E-state index contributed by atoms with van der Waals surface area (Å²) in [6.07, 6.45) is 0.517. The van der Waals surface area contributed by atoms with Gasteiger partial charge in [-0.1, -0.05) is 0 Å². The zero-order valence-corrected chi connectivity index (χ0v) is 14.3. The fourth-order valence-electron chi connectivity index (χ4n) is 1.37. The summed E-state index contributed by atoms with van der Waals surface area (Å²) >= 11 is 1.44. The Morgan fingerprint density at radius 1 is 0.783 bits per heavy atom. The van der Waals surface area contributed by atoms with Crippen LogP contribution in [-0.4, -0.2) is 61.6 Å². The van der Waals surface area contributed by atoms with E-state index in [1.54, 1.807) is 13.8 Å². The van der Waals surface area contributed by atoms with E-state index in [1.807, 2.05) is 0 Å². The monoisotopic (exact) mass is 348 g/mol. The highest BCUT2D eigenvalue weighted by Crippen LogP contribution is 2.04. The van der Waals surface area contributed by atoms with Gasteiger partial charge >= 0.3 is 11.9 Å². The maximum Gasteiger partial charge on any atom is 0.325 e. The van der Waals surface area contributed by atoms with Crippen LogP contribution < -0.4 is 10.6 Å². The Bertz CT molecular complexity index is 367. The van der Waals surface area contributed by atoms with Gasteiger partial charge < -0.3 is 20.1 Å². The van der Waals surface area contributed by atoms with Gasteiger partial charge in [-0.15, -0.1) is 0 Å². The van der Waals surface area contributed by atoms with Crippen LogP contribution in [-0.2, 0) is 28.7 Å². The molecule has 0 aromatic carbocycles. The highest BCUT2D eigenvalue weighted by atomic mass is 32.2. The molecule has 0 aromatic rings. The van der Waals surface area contributed by atoms with Crippen molar-refractivity contribution in [3.63, 3.8) is 0 Å². The highest BCUT2D eigenvalue weighted by molar-refractivity contribution is 7.99. The number of hydrogen-bond acceptors (Lipinski definition) is 7. The fraction of sp³-hybridized carbons (Fsp3) is 0.714. The van der Waals surface area contributed by atoms with E-state index in [-0.39, 0.29) is 51.0 Å². The van der Waals surface area contributed by atoms with Crippen molar-refractivity contribution in [2.24, 2.45) is 0 Å². The van der Waals surface area contributed by atoms with Gasteiger partial charge in [0.15, 0.2) is 0 Å². The zero-order valence-electron chi connectivity index (χ0n) is 13.5. The number of carbonyl (C=O) groups excluding carboxylic acids is 4. The molecule has 0 bridgehead atoms. The number of rotatable bonds is 12. The van der Waals surface area contributed by atoms with Crippen molar-refractivity contribution in [3.05, 3.63) is 0 Å². The van der Waals surface area contributed by atoms with Crippen LogP contribution in [0.3, 0.4) is 0 Å². The molecule has 0 atom stereocenters.